The third-order valence-corrected chi connectivity index (χ3v) is 2.87. The first-order chi connectivity index (χ1) is 7.47. The molecule has 0 atom stereocenters. The van der Waals surface area contributed by atoms with Crippen molar-refractivity contribution in [3.05, 3.63) is 72.1 Å². The topological polar surface area (TPSA) is 0 Å². The molecule has 1 heteroatoms. The van der Waals surface area contributed by atoms with Gasteiger partial charge in [-0.1, -0.05) is 48.5 Å². The number of hydrogen-bond acceptors (Lipinski definition) is 1. The number of thiophene rings is 1. The fourth-order valence-corrected chi connectivity index (χ4v) is 2.04. The molecule has 0 saturated heterocycles. The highest BCUT2D eigenvalue weighted by Gasteiger charge is 1.87. The van der Waals surface area contributed by atoms with Gasteiger partial charge in [0.15, 0.2) is 0 Å². The highest BCUT2D eigenvalue weighted by atomic mass is 32.1. The Balaban J connectivity index is 0.000000124. The highest BCUT2D eigenvalue weighted by molar-refractivity contribution is 7.17. The lowest BCUT2D eigenvalue weighted by atomic mass is 10.3. The van der Waals surface area contributed by atoms with Gasteiger partial charge in [-0.3, -0.25) is 0 Å². The molecule has 1 radical (unpaired) electrons. The van der Waals surface area contributed by atoms with Crippen molar-refractivity contribution in [2.24, 2.45) is 0 Å². The third-order valence-electron chi connectivity index (χ3n) is 1.97. The number of hydrogen-bond donors (Lipinski definition) is 0. The second-order valence-electron chi connectivity index (χ2n) is 3.04. The standard InChI is InChI=1S/C8H6S.C6H5/c1-2-4-8-7(3-1)5-6-9-8;1-2-4-6-5-3-1/h1-6H;1-5H. The summed E-state index contributed by atoms with van der Waals surface area (Å²) in [6, 6.07) is 23.0. The Kier molecular flexibility index (Phi) is 3.53. The van der Waals surface area contributed by atoms with Crippen LogP contribution in [-0.2, 0) is 0 Å². The molecule has 0 aliphatic carbocycles. The van der Waals surface area contributed by atoms with Gasteiger partial charge < -0.3 is 0 Å². The lowest BCUT2D eigenvalue weighted by Crippen LogP contribution is -1.56. The van der Waals surface area contributed by atoms with Crippen LogP contribution in [0.1, 0.15) is 0 Å². The van der Waals surface area contributed by atoms with Gasteiger partial charge in [0, 0.05) is 4.70 Å². The summed E-state index contributed by atoms with van der Waals surface area (Å²) in [6.45, 7) is 0. The van der Waals surface area contributed by atoms with Crippen molar-refractivity contribution in [3.8, 4) is 0 Å². The van der Waals surface area contributed by atoms with Gasteiger partial charge in [-0.05, 0) is 29.0 Å². The molecule has 15 heavy (non-hydrogen) atoms. The van der Waals surface area contributed by atoms with Crippen molar-refractivity contribution in [1.29, 1.82) is 0 Å². The number of rotatable bonds is 0. The van der Waals surface area contributed by atoms with Crippen LogP contribution in [-0.4, -0.2) is 0 Å². The molecule has 0 aliphatic heterocycles. The van der Waals surface area contributed by atoms with Gasteiger partial charge >= 0.3 is 0 Å². The fraction of sp³-hybridized carbons (Fsp3) is 0. The smallest absolute Gasteiger partial charge is 0.0342 e. The van der Waals surface area contributed by atoms with Crippen LogP contribution in [0.15, 0.2) is 66.0 Å². The molecule has 3 rings (SSSR count). The Hall–Kier alpha value is -1.60. The fourth-order valence-electron chi connectivity index (χ4n) is 1.25. The average Bonchev–Trinajstić information content (AvgIpc) is 2.80. The minimum atomic E-state index is 1.35. The molecule has 0 aliphatic rings. The van der Waals surface area contributed by atoms with Crippen LogP contribution in [0.25, 0.3) is 10.1 Å². The molecule has 0 saturated carbocycles. The number of fused-ring (bicyclic) bond motifs is 1. The summed E-state index contributed by atoms with van der Waals surface area (Å²) in [7, 11) is 0. The van der Waals surface area contributed by atoms with Crippen LogP contribution in [0.5, 0.6) is 0 Å². The summed E-state index contributed by atoms with van der Waals surface area (Å²) in [5.74, 6) is 0. The van der Waals surface area contributed by atoms with Crippen LogP contribution >= 0.6 is 11.3 Å². The van der Waals surface area contributed by atoms with E-state index in [0.717, 1.165) is 0 Å². The van der Waals surface area contributed by atoms with Crippen molar-refractivity contribution in [1.82, 2.24) is 0 Å². The van der Waals surface area contributed by atoms with E-state index in [1.54, 1.807) is 11.3 Å². The van der Waals surface area contributed by atoms with Crippen molar-refractivity contribution in [3.63, 3.8) is 0 Å². The van der Waals surface area contributed by atoms with Crippen LogP contribution in [0.2, 0.25) is 0 Å². The van der Waals surface area contributed by atoms with E-state index in [0.29, 0.717) is 0 Å². The summed E-state index contributed by atoms with van der Waals surface area (Å²) in [5.41, 5.74) is 0. The Morgan fingerprint density at radius 2 is 1.60 bits per heavy atom. The predicted molar refractivity (Wildman–Crippen MR) is 67.1 cm³/mol. The molecular weight excluding hydrogens is 200 g/mol. The zero-order chi connectivity index (χ0) is 10.3. The van der Waals surface area contributed by atoms with Crippen molar-refractivity contribution >= 4 is 21.4 Å². The van der Waals surface area contributed by atoms with Crippen LogP contribution in [0.4, 0.5) is 0 Å². The molecule has 3 aromatic rings. The quantitative estimate of drug-likeness (QED) is 0.517. The van der Waals surface area contributed by atoms with Gasteiger partial charge in [0.2, 0.25) is 0 Å². The largest absolute Gasteiger partial charge is 0.144 e. The lowest BCUT2D eigenvalue weighted by molar-refractivity contribution is 1.70. The molecular formula is C14H11S. The molecule has 0 N–H and O–H groups in total. The van der Waals surface area contributed by atoms with Crippen molar-refractivity contribution < 1.29 is 0 Å². The first-order valence-corrected chi connectivity index (χ1v) is 5.68. The molecule has 2 aromatic carbocycles. The maximum absolute atomic E-state index is 2.89. The Morgan fingerprint density at radius 3 is 2.20 bits per heavy atom. The van der Waals surface area contributed by atoms with Crippen molar-refractivity contribution in [2.75, 3.05) is 0 Å². The summed E-state index contributed by atoms with van der Waals surface area (Å²) < 4.78 is 1.37. The Morgan fingerprint density at radius 1 is 0.800 bits per heavy atom. The summed E-state index contributed by atoms with van der Waals surface area (Å²) in [5, 5.41) is 3.47. The van der Waals surface area contributed by atoms with Gasteiger partial charge in [-0.25, -0.2) is 0 Å². The monoisotopic (exact) mass is 211 g/mol. The van der Waals surface area contributed by atoms with Gasteiger partial charge in [0.25, 0.3) is 0 Å². The zero-order valence-electron chi connectivity index (χ0n) is 8.26. The molecule has 0 bridgehead atoms. The summed E-state index contributed by atoms with van der Waals surface area (Å²) >= 11 is 1.79. The highest BCUT2D eigenvalue weighted by Crippen LogP contribution is 2.18. The first kappa shape index (κ1) is 9.94. The van der Waals surface area contributed by atoms with E-state index in [9.17, 15) is 0 Å². The maximum Gasteiger partial charge on any atom is 0.0342 e. The molecule has 1 aromatic heterocycles. The molecule has 0 spiro atoms. The Labute approximate surface area is 93.8 Å². The van der Waals surface area contributed by atoms with Crippen LogP contribution < -0.4 is 0 Å². The third kappa shape index (κ3) is 2.93. The van der Waals surface area contributed by atoms with E-state index >= 15 is 0 Å². The second-order valence-corrected chi connectivity index (χ2v) is 3.98. The number of benzene rings is 2. The van der Waals surface area contributed by atoms with Crippen LogP contribution in [0, 0.1) is 6.07 Å². The van der Waals surface area contributed by atoms with E-state index in [1.807, 2.05) is 30.3 Å². The molecule has 0 amide bonds. The minimum Gasteiger partial charge on any atom is -0.144 e. The predicted octanol–water partition coefficient (Wildman–Crippen LogP) is 4.39. The minimum absolute atomic E-state index is 1.35. The van der Waals surface area contributed by atoms with Crippen molar-refractivity contribution in [2.45, 2.75) is 0 Å². The summed E-state index contributed by atoms with van der Waals surface area (Å²) in [6.07, 6.45) is 0. The molecule has 0 fully saturated rings. The molecule has 1 heterocycles. The Bertz CT molecular complexity index is 440. The molecule has 0 nitrogen and oxygen atoms in total. The van der Waals surface area contributed by atoms with Gasteiger partial charge in [0.1, 0.15) is 0 Å². The molecule has 0 unspecified atom stereocenters. The second kappa shape index (κ2) is 5.32. The van der Waals surface area contributed by atoms with Crippen LogP contribution in [0.3, 0.4) is 0 Å². The summed E-state index contributed by atoms with van der Waals surface area (Å²) in [4.78, 5) is 0. The van der Waals surface area contributed by atoms with Gasteiger partial charge in [0.05, 0.1) is 0 Å². The van der Waals surface area contributed by atoms with E-state index in [4.69, 9.17) is 0 Å². The van der Waals surface area contributed by atoms with E-state index in [1.165, 1.54) is 10.1 Å². The van der Waals surface area contributed by atoms with E-state index in [2.05, 4.69) is 41.8 Å². The van der Waals surface area contributed by atoms with Gasteiger partial charge in [-0.2, -0.15) is 0 Å². The van der Waals surface area contributed by atoms with E-state index < -0.39 is 0 Å². The van der Waals surface area contributed by atoms with E-state index in [-0.39, 0.29) is 0 Å². The maximum atomic E-state index is 2.89. The zero-order valence-corrected chi connectivity index (χ0v) is 9.08. The lowest BCUT2D eigenvalue weighted by Gasteiger charge is -1.82. The SMILES string of the molecule is [c]1ccccc1.c1ccc2sccc2c1. The average molecular weight is 211 g/mol. The normalized spacial score (nSPS) is 9.33. The first-order valence-electron chi connectivity index (χ1n) is 4.80. The van der Waals surface area contributed by atoms with Gasteiger partial charge in [-0.15, -0.1) is 11.3 Å². The molecule has 73 valence electrons.